The monoisotopic (exact) mass is 206 g/mol. The Morgan fingerprint density at radius 2 is 2.33 bits per heavy atom. The first-order valence-electron chi connectivity index (χ1n) is 5.37. The van der Waals surface area contributed by atoms with Gasteiger partial charge in [-0.05, 0) is 31.0 Å². The third-order valence-corrected chi connectivity index (χ3v) is 2.34. The molecule has 1 aromatic rings. The van der Waals surface area contributed by atoms with E-state index in [0.717, 1.165) is 18.4 Å². The molecule has 0 aliphatic heterocycles. The van der Waals surface area contributed by atoms with Crippen LogP contribution in [0.2, 0.25) is 0 Å². The summed E-state index contributed by atoms with van der Waals surface area (Å²) in [5, 5.41) is 2.82. The van der Waals surface area contributed by atoms with Crippen LogP contribution in [-0.4, -0.2) is 10.9 Å². The first-order valence-corrected chi connectivity index (χ1v) is 5.37. The van der Waals surface area contributed by atoms with Crippen LogP contribution in [0.4, 0.5) is 5.82 Å². The van der Waals surface area contributed by atoms with Crippen LogP contribution in [-0.2, 0) is 4.79 Å². The first-order chi connectivity index (χ1) is 7.13. The minimum Gasteiger partial charge on any atom is -0.310 e. The summed E-state index contributed by atoms with van der Waals surface area (Å²) in [4.78, 5) is 15.8. The highest BCUT2D eigenvalue weighted by molar-refractivity contribution is 5.91. The molecule has 1 heterocycles. The van der Waals surface area contributed by atoms with Gasteiger partial charge in [0.25, 0.3) is 0 Å². The maximum absolute atomic E-state index is 11.7. The van der Waals surface area contributed by atoms with E-state index in [0.29, 0.717) is 5.82 Å². The van der Waals surface area contributed by atoms with Crippen molar-refractivity contribution in [3.05, 3.63) is 23.9 Å². The van der Waals surface area contributed by atoms with Crippen LogP contribution in [0.15, 0.2) is 18.3 Å². The average molecular weight is 206 g/mol. The zero-order valence-electron chi connectivity index (χ0n) is 9.58. The zero-order chi connectivity index (χ0) is 11.3. The lowest BCUT2D eigenvalue weighted by atomic mass is 10.1. The Balaban J connectivity index is 2.58. The number of rotatable bonds is 4. The van der Waals surface area contributed by atoms with Crippen molar-refractivity contribution in [2.75, 3.05) is 5.32 Å². The number of nitrogens with one attached hydrogen (secondary N) is 1. The normalized spacial score (nSPS) is 12.2. The van der Waals surface area contributed by atoms with Crippen molar-refractivity contribution in [1.82, 2.24) is 4.98 Å². The highest BCUT2D eigenvalue weighted by Crippen LogP contribution is 2.10. The fourth-order valence-corrected chi connectivity index (χ4v) is 1.42. The molecule has 15 heavy (non-hydrogen) atoms. The fourth-order valence-electron chi connectivity index (χ4n) is 1.42. The molecule has 0 saturated heterocycles. The van der Waals surface area contributed by atoms with E-state index in [2.05, 4.69) is 17.2 Å². The maximum Gasteiger partial charge on any atom is 0.228 e. The Labute approximate surface area is 90.9 Å². The van der Waals surface area contributed by atoms with E-state index in [1.54, 1.807) is 6.20 Å². The average Bonchev–Trinajstić information content (AvgIpc) is 2.18. The summed E-state index contributed by atoms with van der Waals surface area (Å²) in [6, 6.07) is 3.78. The number of anilines is 1. The summed E-state index contributed by atoms with van der Waals surface area (Å²) >= 11 is 0. The van der Waals surface area contributed by atoms with Crippen LogP contribution in [0.3, 0.4) is 0 Å². The Morgan fingerprint density at radius 3 is 2.93 bits per heavy atom. The van der Waals surface area contributed by atoms with E-state index >= 15 is 0 Å². The van der Waals surface area contributed by atoms with E-state index in [1.807, 2.05) is 26.0 Å². The number of hydrogen-bond acceptors (Lipinski definition) is 2. The van der Waals surface area contributed by atoms with Crippen molar-refractivity contribution in [1.29, 1.82) is 0 Å². The number of aromatic nitrogens is 1. The highest BCUT2D eigenvalue weighted by atomic mass is 16.1. The van der Waals surface area contributed by atoms with Gasteiger partial charge in [-0.2, -0.15) is 0 Å². The highest BCUT2D eigenvalue weighted by Gasteiger charge is 2.11. The van der Waals surface area contributed by atoms with E-state index in [-0.39, 0.29) is 11.8 Å². The number of carbonyl (C=O) groups is 1. The van der Waals surface area contributed by atoms with Crippen LogP contribution < -0.4 is 5.32 Å². The number of pyridine rings is 1. The fraction of sp³-hybridized carbons (Fsp3) is 0.500. The largest absolute Gasteiger partial charge is 0.310 e. The predicted octanol–water partition coefficient (Wildman–Crippen LogP) is 2.76. The minimum atomic E-state index is 0.0509. The molecule has 0 radical (unpaired) electrons. The molecule has 1 rings (SSSR count). The number of hydrogen-bond donors (Lipinski definition) is 1. The summed E-state index contributed by atoms with van der Waals surface area (Å²) in [5.74, 6) is 0.746. The Kier molecular flexibility index (Phi) is 4.28. The maximum atomic E-state index is 11.7. The molecule has 0 aliphatic rings. The predicted molar refractivity (Wildman–Crippen MR) is 61.7 cm³/mol. The van der Waals surface area contributed by atoms with Crippen LogP contribution in [0.5, 0.6) is 0 Å². The Bertz CT molecular complexity index is 336. The molecule has 0 aliphatic carbocycles. The molecular weight excluding hydrogens is 188 g/mol. The van der Waals surface area contributed by atoms with Gasteiger partial charge in [0, 0.05) is 12.1 Å². The topological polar surface area (TPSA) is 42.0 Å². The quantitative estimate of drug-likeness (QED) is 0.823. The van der Waals surface area contributed by atoms with Gasteiger partial charge >= 0.3 is 0 Å². The van der Waals surface area contributed by atoms with E-state index in [1.165, 1.54) is 0 Å². The standard InChI is InChI=1S/C12H18N2O/c1-4-5-10(3)12(15)14-11-8-9(2)6-7-13-11/h6-8,10H,4-5H2,1-3H3,(H,13,14,15)/t10-/m1/s1. The van der Waals surface area contributed by atoms with Gasteiger partial charge in [0.1, 0.15) is 5.82 Å². The number of carbonyl (C=O) groups excluding carboxylic acids is 1. The van der Waals surface area contributed by atoms with Crippen LogP contribution in [0, 0.1) is 12.8 Å². The second kappa shape index (κ2) is 5.49. The third-order valence-electron chi connectivity index (χ3n) is 2.34. The molecule has 1 amide bonds. The summed E-state index contributed by atoms with van der Waals surface area (Å²) in [5.41, 5.74) is 1.10. The number of aryl methyl sites for hydroxylation is 1. The van der Waals surface area contributed by atoms with Crippen LogP contribution in [0.1, 0.15) is 32.3 Å². The molecule has 1 N–H and O–H groups in total. The number of nitrogens with zero attached hydrogens (tertiary/aromatic N) is 1. The molecule has 3 nitrogen and oxygen atoms in total. The van der Waals surface area contributed by atoms with E-state index in [9.17, 15) is 4.79 Å². The lowest BCUT2D eigenvalue weighted by Crippen LogP contribution is -2.20. The lowest BCUT2D eigenvalue weighted by molar-refractivity contribution is -0.119. The van der Waals surface area contributed by atoms with Crippen molar-refractivity contribution in [2.24, 2.45) is 5.92 Å². The number of amides is 1. The van der Waals surface area contributed by atoms with Crippen molar-refractivity contribution in [3.63, 3.8) is 0 Å². The molecule has 1 aromatic heterocycles. The van der Waals surface area contributed by atoms with Gasteiger partial charge in [-0.1, -0.05) is 20.3 Å². The van der Waals surface area contributed by atoms with Gasteiger partial charge in [0.05, 0.1) is 0 Å². The molecule has 0 spiro atoms. The molecule has 3 heteroatoms. The van der Waals surface area contributed by atoms with Crippen LogP contribution >= 0.6 is 0 Å². The van der Waals surface area contributed by atoms with Gasteiger partial charge in [0.2, 0.25) is 5.91 Å². The third kappa shape index (κ3) is 3.70. The second-order valence-corrected chi connectivity index (χ2v) is 3.90. The van der Waals surface area contributed by atoms with Crippen molar-refractivity contribution < 1.29 is 4.79 Å². The van der Waals surface area contributed by atoms with Crippen molar-refractivity contribution >= 4 is 11.7 Å². The van der Waals surface area contributed by atoms with Crippen molar-refractivity contribution in [3.8, 4) is 0 Å². The van der Waals surface area contributed by atoms with Crippen molar-refractivity contribution in [2.45, 2.75) is 33.6 Å². The molecule has 0 unspecified atom stereocenters. The first kappa shape index (κ1) is 11.7. The molecule has 0 bridgehead atoms. The summed E-state index contributed by atoms with van der Waals surface area (Å²) in [6.07, 6.45) is 3.64. The summed E-state index contributed by atoms with van der Waals surface area (Å²) in [7, 11) is 0. The smallest absolute Gasteiger partial charge is 0.228 e. The Hall–Kier alpha value is -1.38. The molecule has 0 aromatic carbocycles. The minimum absolute atomic E-state index is 0.0509. The van der Waals surface area contributed by atoms with Crippen LogP contribution in [0.25, 0.3) is 0 Å². The molecule has 82 valence electrons. The van der Waals surface area contributed by atoms with Gasteiger partial charge in [-0.25, -0.2) is 4.98 Å². The van der Waals surface area contributed by atoms with Gasteiger partial charge in [-0.3, -0.25) is 4.79 Å². The lowest BCUT2D eigenvalue weighted by Gasteiger charge is -2.10. The van der Waals surface area contributed by atoms with Gasteiger partial charge in [0.15, 0.2) is 0 Å². The van der Waals surface area contributed by atoms with Gasteiger partial charge in [-0.15, -0.1) is 0 Å². The summed E-state index contributed by atoms with van der Waals surface area (Å²) < 4.78 is 0. The van der Waals surface area contributed by atoms with Gasteiger partial charge < -0.3 is 5.32 Å². The Morgan fingerprint density at radius 1 is 1.60 bits per heavy atom. The van der Waals surface area contributed by atoms with E-state index < -0.39 is 0 Å². The molecular formula is C12H18N2O. The zero-order valence-corrected chi connectivity index (χ0v) is 9.58. The summed E-state index contributed by atoms with van der Waals surface area (Å²) in [6.45, 7) is 6.00. The molecule has 0 fully saturated rings. The molecule has 0 saturated carbocycles. The SMILES string of the molecule is CCC[C@@H](C)C(=O)Nc1cc(C)ccn1. The second-order valence-electron chi connectivity index (χ2n) is 3.90. The molecule has 1 atom stereocenters. The van der Waals surface area contributed by atoms with E-state index in [4.69, 9.17) is 0 Å².